The number of carboxylic acid groups (broad SMARTS) is 1. The van der Waals surface area contributed by atoms with Gasteiger partial charge in [-0.3, -0.25) is 14.5 Å². The Balaban J connectivity index is 2.22. The molecule has 0 saturated carbocycles. The van der Waals surface area contributed by atoms with Gasteiger partial charge in [0, 0.05) is 6.54 Å². The summed E-state index contributed by atoms with van der Waals surface area (Å²) in [6.07, 6.45) is 2.11. The number of hydrogen-bond acceptors (Lipinski definition) is 4. The minimum absolute atomic E-state index is 0.00762. The van der Waals surface area contributed by atoms with E-state index in [0.29, 0.717) is 19.0 Å². The number of piperidine rings is 1. The quantitative estimate of drug-likeness (QED) is 0.535. The van der Waals surface area contributed by atoms with E-state index < -0.39 is 5.97 Å². The Kier molecular flexibility index (Phi) is 5.21. The van der Waals surface area contributed by atoms with E-state index in [2.05, 4.69) is 5.32 Å². The van der Waals surface area contributed by atoms with Crippen molar-refractivity contribution in [3.63, 3.8) is 0 Å². The van der Waals surface area contributed by atoms with E-state index in [-0.39, 0.29) is 12.5 Å². The van der Waals surface area contributed by atoms with E-state index in [4.69, 9.17) is 10.8 Å². The van der Waals surface area contributed by atoms with Crippen molar-refractivity contribution in [2.24, 2.45) is 11.7 Å². The molecule has 1 unspecified atom stereocenters. The second kappa shape index (κ2) is 6.44. The van der Waals surface area contributed by atoms with Gasteiger partial charge >= 0.3 is 5.97 Å². The molecule has 0 aromatic carbocycles. The van der Waals surface area contributed by atoms with E-state index in [1.165, 1.54) is 0 Å². The predicted molar refractivity (Wildman–Crippen MR) is 58.9 cm³/mol. The van der Waals surface area contributed by atoms with Crippen LogP contribution in [0.3, 0.4) is 0 Å². The van der Waals surface area contributed by atoms with Gasteiger partial charge in [0.1, 0.15) is 0 Å². The van der Waals surface area contributed by atoms with Gasteiger partial charge in [0.05, 0.1) is 13.1 Å². The summed E-state index contributed by atoms with van der Waals surface area (Å²) in [6.45, 7) is 2.69. The maximum Gasteiger partial charge on any atom is 0.317 e. The Morgan fingerprint density at radius 2 is 2.25 bits per heavy atom. The Labute approximate surface area is 94.8 Å². The minimum Gasteiger partial charge on any atom is -0.480 e. The zero-order valence-corrected chi connectivity index (χ0v) is 9.32. The lowest BCUT2D eigenvalue weighted by Gasteiger charge is -2.31. The summed E-state index contributed by atoms with van der Waals surface area (Å²) in [6, 6.07) is 0. The molecule has 92 valence electrons. The molecule has 6 nitrogen and oxygen atoms in total. The third-order valence-corrected chi connectivity index (χ3v) is 2.69. The summed E-state index contributed by atoms with van der Waals surface area (Å²) in [7, 11) is 0. The van der Waals surface area contributed by atoms with Crippen molar-refractivity contribution in [2.45, 2.75) is 12.8 Å². The Bertz CT molecular complexity index is 258. The lowest BCUT2D eigenvalue weighted by Crippen LogP contribution is -2.43. The summed E-state index contributed by atoms with van der Waals surface area (Å²) in [5.41, 5.74) is 5.13. The number of hydrogen-bond donors (Lipinski definition) is 3. The number of carbonyl (C=O) groups excluding carboxylic acids is 1. The maximum absolute atomic E-state index is 10.8. The highest BCUT2D eigenvalue weighted by molar-refractivity contribution is 5.75. The first-order valence-corrected chi connectivity index (χ1v) is 5.51. The van der Waals surface area contributed by atoms with Crippen LogP contribution in [0, 0.1) is 5.92 Å². The summed E-state index contributed by atoms with van der Waals surface area (Å²) in [4.78, 5) is 23.1. The largest absolute Gasteiger partial charge is 0.480 e. The molecule has 1 fully saturated rings. The smallest absolute Gasteiger partial charge is 0.317 e. The highest BCUT2D eigenvalue weighted by Crippen LogP contribution is 2.14. The highest BCUT2D eigenvalue weighted by Gasteiger charge is 2.20. The van der Waals surface area contributed by atoms with E-state index in [1.807, 2.05) is 4.90 Å². The number of rotatable bonds is 6. The molecule has 0 spiro atoms. The summed E-state index contributed by atoms with van der Waals surface area (Å²) < 4.78 is 0. The van der Waals surface area contributed by atoms with Crippen LogP contribution in [0.15, 0.2) is 0 Å². The van der Waals surface area contributed by atoms with Gasteiger partial charge in [-0.25, -0.2) is 0 Å². The van der Waals surface area contributed by atoms with Crippen molar-refractivity contribution in [2.75, 3.05) is 32.7 Å². The van der Waals surface area contributed by atoms with Gasteiger partial charge in [-0.15, -0.1) is 0 Å². The Hall–Kier alpha value is -1.14. The third-order valence-electron chi connectivity index (χ3n) is 2.69. The lowest BCUT2D eigenvalue weighted by atomic mass is 9.98. The molecule has 0 aromatic rings. The fraction of sp³-hybridized carbons (Fsp3) is 0.800. The standard InChI is InChI=1S/C10H19N3O3/c11-9(14)7-13-3-1-2-8(6-13)4-12-5-10(15)16/h8,12H,1-7H2,(H2,11,14)(H,15,16). The average molecular weight is 229 g/mol. The number of aliphatic carboxylic acids is 1. The summed E-state index contributed by atoms with van der Waals surface area (Å²) >= 11 is 0. The minimum atomic E-state index is -0.843. The SMILES string of the molecule is NC(=O)CN1CCCC(CNCC(=O)O)C1. The van der Waals surface area contributed by atoms with Gasteiger partial charge in [-0.05, 0) is 31.8 Å². The first-order chi connectivity index (χ1) is 7.58. The maximum atomic E-state index is 10.8. The molecule has 1 saturated heterocycles. The van der Waals surface area contributed by atoms with E-state index in [9.17, 15) is 9.59 Å². The van der Waals surface area contributed by atoms with Crippen LogP contribution in [-0.4, -0.2) is 54.6 Å². The number of nitrogens with two attached hydrogens (primary N) is 1. The predicted octanol–water partition coefficient (Wildman–Crippen LogP) is -1.14. The first-order valence-electron chi connectivity index (χ1n) is 5.51. The van der Waals surface area contributed by atoms with E-state index >= 15 is 0 Å². The van der Waals surface area contributed by atoms with E-state index in [0.717, 1.165) is 25.9 Å². The molecule has 1 amide bonds. The average Bonchev–Trinajstić information content (AvgIpc) is 2.16. The van der Waals surface area contributed by atoms with Crippen LogP contribution in [0.4, 0.5) is 0 Å². The topological polar surface area (TPSA) is 95.7 Å². The fourth-order valence-electron chi connectivity index (χ4n) is 2.07. The number of likely N-dealkylation sites (tertiary alicyclic amines) is 1. The molecule has 1 atom stereocenters. The lowest BCUT2D eigenvalue weighted by molar-refractivity contribution is -0.136. The molecule has 6 heteroatoms. The number of carbonyl (C=O) groups is 2. The van der Waals surface area contributed by atoms with Gasteiger partial charge in [-0.1, -0.05) is 0 Å². The van der Waals surface area contributed by atoms with Gasteiger partial charge in [0.15, 0.2) is 0 Å². The highest BCUT2D eigenvalue weighted by atomic mass is 16.4. The van der Waals surface area contributed by atoms with Gasteiger partial charge in [0.25, 0.3) is 0 Å². The molecule has 0 aromatic heterocycles. The molecule has 0 aliphatic carbocycles. The van der Waals surface area contributed by atoms with Gasteiger partial charge in [0.2, 0.25) is 5.91 Å². The molecule has 0 radical (unpaired) electrons. The molecule has 1 heterocycles. The van der Waals surface area contributed by atoms with Crippen molar-refractivity contribution in [1.82, 2.24) is 10.2 Å². The first kappa shape index (κ1) is 12.9. The molecule has 1 aliphatic rings. The van der Waals surface area contributed by atoms with Crippen LogP contribution in [0.5, 0.6) is 0 Å². The summed E-state index contributed by atoms with van der Waals surface area (Å²) in [5.74, 6) is -0.739. The molecule has 1 aliphatic heterocycles. The number of nitrogens with zero attached hydrogens (tertiary/aromatic N) is 1. The summed E-state index contributed by atoms with van der Waals surface area (Å²) in [5, 5.41) is 11.4. The van der Waals surface area contributed by atoms with Crippen LogP contribution in [-0.2, 0) is 9.59 Å². The monoisotopic (exact) mass is 229 g/mol. The van der Waals surface area contributed by atoms with Crippen molar-refractivity contribution < 1.29 is 14.7 Å². The zero-order valence-electron chi connectivity index (χ0n) is 9.32. The molecule has 4 N–H and O–H groups in total. The fourth-order valence-corrected chi connectivity index (χ4v) is 2.07. The molecule has 1 rings (SSSR count). The van der Waals surface area contributed by atoms with Crippen LogP contribution >= 0.6 is 0 Å². The van der Waals surface area contributed by atoms with Crippen LogP contribution in [0.25, 0.3) is 0 Å². The molecule has 0 bridgehead atoms. The van der Waals surface area contributed by atoms with Crippen LogP contribution < -0.4 is 11.1 Å². The van der Waals surface area contributed by atoms with Crippen LogP contribution in [0.2, 0.25) is 0 Å². The second-order valence-electron chi connectivity index (χ2n) is 4.23. The van der Waals surface area contributed by atoms with Crippen molar-refractivity contribution in [3.8, 4) is 0 Å². The third kappa shape index (κ3) is 5.09. The number of nitrogens with one attached hydrogen (secondary N) is 1. The second-order valence-corrected chi connectivity index (χ2v) is 4.23. The van der Waals surface area contributed by atoms with Crippen LogP contribution in [0.1, 0.15) is 12.8 Å². The molecular weight excluding hydrogens is 210 g/mol. The Morgan fingerprint density at radius 3 is 2.88 bits per heavy atom. The van der Waals surface area contributed by atoms with Crippen molar-refractivity contribution in [1.29, 1.82) is 0 Å². The molecule has 16 heavy (non-hydrogen) atoms. The molecular formula is C10H19N3O3. The van der Waals surface area contributed by atoms with E-state index in [1.54, 1.807) is 0 Å². The Morgan fingerprint density at radius 1 is 1.50 bits per heavy atom. The van der Waals surface area contributed by atoms with Crippen molar-refractivity contribution >= 4 is 11.9 Å². The van der Waals surface area contributed by atoms with Gasteiger partial charge in [-0.2, -0.15) is 0 Å². The number of carboxylic acids is 1. The van der Waals surface area contributed by atoms with Crippen molar-refractivity contribution in [3.05, 3.63) is 0 Å². The number of primary amides is 1. The number of amides is 1. The van der Waals surface area contributed by atoms with Gasteiger partial charge < -0.3 is 16.2 Å². The zero-order chi connectivity index (χ0) is 12.0. The normalized spacial score (nSPS) is 21.9.